The molecule has 0 aromatic heterocycles. The first-order valence-corrected chi connectivity index (χ1v) is 9.44. The third-order valence-electron chi connectivity index (χ3n) is 5.00. The van der Waals surface area contributed by atoms with E-state index in [-0.39, 0.29) is 18.7 Å². The molecule has 4 nitrogen and oxygen atoms in total. The monoisotopic (exact) mass is 353 g/mol. The summed E-state index contributed by atoms with van der Waals surface area (Å²) >= 11 is 0. The average Bonchev–Trinajstić information content (AvgIpc) is 2.93. The number of nitrogens with zero attached hydrogens (tertiary/aromatic N) is 1. The lowest BCUT2D eigenvalue weighted by atomic mass is 9.98. The van der Waals surface area contributed by atoms with Crippen LogP contribution in [0.1, 0.15) is 49.3 Å². The number of ether oxygens (including phenoxy) is 1. The maximum absolute atomic E-state index is 12.7. The van der Waals surface area contributed by atoms with Gasteiger partial charge in [-0.2, -0.15) is 0 Å². The number of amides is 1. The van der Waals surface area contributed by atoms with E-state index >= 15 is 0 Å². The van der Waals surface area contributed by atoms with Gasteiger partial charge in [-0.1, -0.05) is 73.5 Å². The van der Waals surface area contributed by atoms with E-state index < -0.39 is 6.10 Å². The molecule has 2 atom stereocenters. The van der Waals surface area contributed by atoms with Gasteiger partial charge in [-0.3, -0.25) is 0 Å². The van der Waals surface area contributed by atoms with Crippen molar-refractivity contribution >= 4 is 6.09 Å². The van der Waals surface area contributed by atoms with Crippen LogP contribution in [0.5, 0.6) is 0 Å². The van der Waals surface area contributed by atoms with E-state index in [1.165, 1.54) is 0 Å². The van der Waals surface area contributed by atoms with Crippen LogP contribution in [-0.2, 0) is 11.3 Å². The van der Waals surface area contributed by atoms with Gasteiger partial charge in [-0.25, -0.2) is 4.79 Å². The summed E-state index contributed by atoms with van der Waals surface area (Å²) in [6.45, 7) is 0.976. The van der Waals surface area contributed by atoms with Gasteiger partial charge in [-0.05, 0) is 30.4 Å². The Hall–Kier alpha value is -2.33. The van der Waals surface area contributed by atoms with E-state index in [4.69, 9.17) is 4.74 Å². The first-order valence-electron chi connectivity index (χ1n) is 9.44. The summed E-state index contributed by atoms with van der Waals surface area (Å²) in [5.41, 5.74) is 1.88. The summed E-state index contributed by atoms with van der Waals surface area (Å²) in [6, 6.07) is 19.4. The predicted octanol–water partition coefficient (Wildman–Crippen LogP) is 4.69. The SMILES string of the molecule is O=C(OCc1ccccc1)N1CCCCCC1CC(O)c1ccccc1. The van der Waals surface area contributed by atoms with Crippen molar-refractivity contribution in [1.29, 1.82) is 0 Å². The molecule has 1 aliphatic heterocycles. The summed E-state index contributed by atoms with van der Waals surface area (Å²) < 4.78 is 5.55. The fourth-order valence-corrected chi connectivity index (χ4v) is 3.53. The number of carbonyl (C=O) groups is 1. The van der Waals surface area contributed by atoms with Crippen molar-refractivity contribution in [2.45, 2.75) is 50.9 Å². The summed E-state index contributed by atoms with van der Waals surface area (Å²) in [4.78, 5) is 14.5. The van der Waals surface area contributed by atoms with Gasteiger partial charge in [-0.15, -0.1) is 0 Å². The van der Waals surface area contributed by atoms with Gasteiger partial charge in [0, 0.05) is 12.6 Å². The standard InChI is InChI=1S/C22H27NO3/c24-21(19-12-6-2-7-13-19)16-20-14-8-3-9-15-23(20)22(25)26-17-18-10-4-1-5-11-18/h1-2,4-7,10-13,20-21,24H,3,8-9,14-17H2. The Morgan fingerprint density at radius 1 is 1.04 bits per heavy atom. The molecule has 1 aliphatic rings. The fourth-order valence-electron chi connectivity index (χ4n) is 3.53. The largest absolute Gasteiger partial charge is 0.445 e. The smallest absolute Gasteiger partial charge is 0.410 e. The molecule has 1 N–H and O–H groups in total. The number of hydrogen-bond donors (Lipinski definition) is 1. The quantitative estimate of drug-likeness (QED) is 0.848. The molecule has 1 heterocycles. The number of aliphatic hydroxyl groups is 1. The van der Waals surface area contributed by atoms with Crippen molar-refractivity contribution in [3.05, 3.63) is 71.8 Å². The van der Waals surface area contributed by atoms with Crippen molar-refractivity contribution in [3.63, 3.8) is 0 Å². The Bertz CT molecular complexity index is 674. The minimum atomic E-state index is -0.566. The van der Waals surface area contributed by atoms with Crippen molar-refractivity contribution in [2.24, 2.45) is 0 Å². The van der Waals surface area contributed by atoms with Crippen LogP contribution < -0.4 is 0 Å². The van der Waals surface area contributed by atoms with Crippen LogP contribution >= 0.6 is 0 Å². The van der Waals surface area contributed by atoms with Crippen LogP contribution in [-0.4, -0.2) is 28.7 Å². The first-order chi connectivity index (χ1) is 12.7. The Balaban J connectivity index is 1.63. The Morgan fingerprint density at radius 2 is 1.73 bits per heavy atom. The van der Waals surface area contributed by atoms with Crippen LogP contribution in [0.25, 0.3) is 0 Å². The van der Waals surface area contributed by atoms with Crippen LogP contribution in [0, 0.1) is 0 Å². The fraction of sp³-hybridized carbons (Fsp3) is 0.409. The molecule has 2 unspecified atom stereocenters. The highest BCUT2D eigenvalue weighted by Gasteiger charge is 2.28. The number of aliphatic hydroxyl groups excluding tert-OH is 1. The van der Waals surface area contributed by atoms with Crippen LogP contribution in [0.3, 0.4) is 0 Å². The lowest BCUT2D eigenvalue weighted by Gasteiger charge is -2.31. The second kappa shape index (κ2) is 9.39. The molecular formula is C22H27NO3. The highest BCUT2D eigenvalue weighted by Crippen LogP contribution is 2.27. The molecule has 2 aromatic carbocycles. The molecule has 4 heteroatoms. The van der Waals surface area contributed by atoms with Gasteiger partial charge in [0.1, 0.15) is 6.61 Å². The molecule has 0 bridgehead atoms. The van der Waals surface area contributed by atoms with E-state index in [0.29, 0.717) is 13.0 Å². The number of hydrogen-bond acceptors (Lipinski definition) is 3. The highest BCUT2D eigenvalue weighted by atomic mass is 16.6. The molecular weight excluding hydrogens is 326 g/mol. The summed E-state index contributed by atoms with van der Waals surface area (Å²) in [5.74, 6) is 0. The molecule has 3 rings (SSSR count). The molecule has 138 valence electrons. The third-order valence-corrected chi connectivity index (χ3v) is 5.00. The second-order valence-electron chi connectivity index (χ2n) is 6.90. The molecule has 1 saturated heterocycles. The van der Waals surface area contributed by atoms with E-state index in [2.05, 4.69) is 0 Å². The van der Waals surface area contributed by atoms with E-state index in [9.17, 15) is 9.90 Å². The molecule has 26 heavy (non-hydrogen) atoms. The maximum Gasteiger partial charge on any atom is 0.410 e. The summed E-state index contributed by atoms with van der Waals surface area (Å²) in [7, 11) is 0. The Morgan fingerprint density at radius 3 is 2.46 bits per heavy atom. The van der Waals surface area contributed by atoms with Gasteiger partial charge in [0.15, 0.2) is 0 Å². The number of likely N-dealkylation sites (tertiary alicyclic amines) is 1. The molecule has 0 radical (unpaired) electrons. The molecule has 0 saturated carbocycles. The first kappa shape index (κ1) is 18.5. The van der Waals surface area contributed by atoms with E-state index in [1.807, 2.05) is 65.6 Å². The zero-order valence-electron chi connectivity index (χ0n) is 15.1. The maximum atomic E-state index is 12.7. The van der Waals surface area contributed by atoms with Crippen molar-refractivity contribution in [1.82, 2.24) is 4.90 Å². The Kier molecular flexibility index (Phi) is 6.67. The molecule has 1 fully saturated rings. The van der Waals surface area contributed by atoms with Gasteiger partial charge in [0.2, 0.25) is 0 Å². The zero-order chi connectivity index (χ0) is 18.2. The number of benzene rings is 2. The van der Waals surface area contributed by atoms with Gasteiger partial charge in [0.05, 0.1) is 6.10 Å². The average molecular weight is 353 g/mol. The zero-order valence-corrected chi connectivity index (χ0v) is 15.1. The van der Waals surface area contributed by atoms with E-state index in [0.717, 1.165) is 36.8 Å². The second-order valence-corrected chi connectivity index (χ2v) is 6.90. The molecule has 1 amide bonds. The molecule has 0 aliphatic carbocycles. The summed E-state index contributed by atoms with van der Waals surface area (Å²) in [5, 5.41) is 10.6. The number of carbonyl (C=O) groups excluding carboxylic acids is 1. The van der Waals surface area contributed by atoms with Crippen LogP contribution in [0.4, 0.5) is 4.79 Å². The number of rotatable bonds is 5. The van der Waals surface area contributed by atoms with Gasteiger partial charge >= 0.3 is 6.09 Å². The van der Waals surface area contributed by atoms with Gasteiger partial charge < -0.3 is 14.7 Å². The van der Waals surface area contributed by atoms with Crippen LogP contribution in [0.2, 0.25) is 0 Å². The predicted molar refractivity (Wildman–Crippen MR) is 102 cm³/mol. The minimum Gasteiger partial charge on any atom is -0.445 e. The van der Waals surface area contributed by atoms with E-state index in [1.54, 1.807) is 0 Å². The normalized spacial score (nSPS) is 18.8. The third kappa shape index (κ3) is 5.09. The van der Waals surface area contributed by atoms with Crippen LogP contribution in [0.15, 0.2) is 60.7 Å². The topological polar surface area (TPSA) is 49.8 Å². The minimum absolute atomic E-state index is 0.0102. The summed E-state index contributed by atoms with van der Waals surface area (Å²) in [6.07, 6.45) is 3.78. The lowest BCUT2D eigenvalue weighted by Crippen LogP contribution is -2.41. The van der Waals surface area contributed by atoms with Crippen molar-refractivity contribution in [3.8, 4) is 0 Å². The molecule has 0 spiro atoms. The van der Waals surface area contributed by atoms with Crippen molar-refractivity contribution in [2.75, 3.05) is 6.54 Å². The highest BCUT2D eigenvalue weighted by molar-refractivity contribution is 5.68. The molecule has 2 aromatic rings. The van der Waals surface area contributed by atoms with Gasteiger partial charge in [0.25, 0.3) is 0 Å². The lowest BCUT2D eigenvalue weighted by molar-refractivity contribution is 0.0628. The Labute approximate surface area is 155 Å². The van der Waals surface area contributed by atoms with Crippen molar-refractivity contribution < 1.29 is 14.6 Å².